The first-order valence-electron chi connectivity index (χ1n) is 0.925. The van der Waals surface area contributed by atoms with E-state index >= 15 is 0 Å². The van der Waals surface area contributed by atoms with Crippen molar-refractivity contribution in [2.45, 2.75) is 0 Å². The fraction of sp³-hybridized carbons (Fsp3) is 0. The van der Waals surface area contributed by atoms with E-state index in [1.54, 1.807) is 0 Å². The molecule has 0 rings (SSSR count). The molecule has 0 heterocycles. The third kappa shape index (κ3) is 4.12. The molecule has 0 aromatic rings. The second-order valence-corrected chi connectivity index (χ2v) is 1.43. The van der Waals surface area contributed by atoms with Gasteiger partial charge in [0.05, 0.1) is 0 Å². The minimum absolute atomic E-state index is 0.120. The van der Waals surface area contributed by atoms with Crippen LogP contribution in [0.3, 0.4) is 0 Å². The van der Waals surface area contributed by atoms with Crippen LogP contribution in [0.25, 0.3) is 0 Å². The van der Waals surface area contributed by atoms with Crippen molar-refractivity contribution in [2.24, 2.45) is 0 Å². The lowest BCUT2D eigenvalue weighted by atomic mass is 11.2. The summed E-state index contributed by atoms with van der Waals surface area (Å²) in [4.78, 5) is 0. The summed E-state index contributed by atoms with van der Waals surface area (Å²) in [6.45, 7) is 0. The van der Waals surface area contributed by atoms with Crippen LogP contribution in [0.1, 0.15) is 0 Å². The number of hydrogen-bond acceptors (Lipinski definition) is 1. The van der Waals surface area contributed by atoms with Crippen LogP contribution in [0.2, 0.25) is 0 Å². The fourth-order valence-electron chi connectivity index (χ4n) is 0. The number of rotatable bonds is 0. The van der Waals surface area contributed by atoms with Gasteiger partial charge in [0.25, 0.3) is 0 Å². The zero-order chi connectivity index (χ0) is 4.28. The van der Waals surface area contributed by atoms with Crippen molar-refractivity contribution in [3.8, 4) is 0 Å². The third-order valence-electron chi connectivity index (χ3n) is 0.0976. The van der Waals surface area contributed by atoms with Crippen LogP contribution >= 0.6 is 23.2 Å². The molecule has 3 heteroatoms. The molecule has 0 aromatic carbocycles. The molecule has 30 valence electrons. The molecule has 0 bridgehead atoms. The van der Waals surface area contributed by atoms with Crippen LogP contribution in [0, 0.1) is 0 Å². The Bertz CT molecular complexity index is 45.6. The average molecular weight is 113 g/mol. The van der Waals surface area contributed by atoms with Crippen molar-refractivity contribution in [1.82, 2.24) is 0 Å². The van der Waals surface area contributed by atoms with Gasteiger partial charge in [-0.25, -0.2) is 0 Å². The lowest BCUT2D eigenvalue weighted by Gasteiger charge is -1.66. The molecular weight excluding hydrogens is 111 g/mol. The van der Waals surface area contributed by atoms with Crippen LogP contribution in [-0.4, -0.2) is 5.11 Å². The highest BCUT2D eigenvalue weighted by molar-refractivity contribution is 6.55. The van der Waals surface area contributed by atoms with E-state index in [0.717, 1.165) is 0 Å². The molecule has 0 saturated carbocycles. The van der Waals surface area contributed by atoms with Crippen molar-refractivity contribution in [3.63, 3.8) is 0 Å². The predicted octanol–water partition coefficient (Wildman–Crippen LogP) is 1.82. The molecule has 0 spiro atoms. The predicted molar refractivity (Wildman–Crippen MR) is 22.4 cm³/mol. The third-order valence-corrected chi connectivity index (χ3v) is 0.293. The van der Waals surface area contributed by atoms with E-state index in [0.29, 0.717) is 6.26 Å². The second-order valence-electron chi connectivity index (χ2n) is 0.419. The van der Waals surface area contributed by atoms with Crippen molar-refractivity contribution in [3.05, 3.63) is 10.8 Å². The zero-order valence-corrected chi connectivity index (χ0v) is 3.79. The van der Waals surface area contributed by atoms with E-state index < -0.39 is 0 Å². The molecule has 0 saturated heterocycles. The molecule has 0 aliphatic rings. The van der Waals surface area contributed by atoms with Crippen molar-refractivity contribution in [2.75, 3.05) is 0 Å². The molecule has 0 atom stereocenters. The van der Waals surface area contributed by atoms with E-state index in [4.69, 9.17) is 28.3 Å². The van der Waals surface area contributed by atoms with Gasteiger partial charge < -0.3 is 5.11 Å². The SMILES string of the molecule is OC=C(Cl)Cl. The molecule has 0 radical (unpaired) electrons. The van der Waals surface area contributed by atoms with E-state index in [2.05, 4.69) is 0 Å². The van der Waals surface area contributed by atoms with Gasteiger partial charge in [0, 0.05) is 0 Å². The Morgan fingerprint density at radius 3 is 1.80 bits per heavy atom. The molecule has 5 heavy (non-hydrogen) atoms. The Balaban J connectivity index is 3.14. The normalized spacial score (nSPS) is 6.80. The molecule has 0 fully saturated rings. The summed E-state index contributed by atoms with van der Waals surface area (Å²) < 4.78 is -0.120. The van der Waals surface area contributed by atoms with Gasteiger partial charge in [0.1, 0.15) is 10.8 Å². The van der Waals surface area contributed by atoms with Crippen molar-refractivity contribution >= 4 is 23.2 Å². The minimum atomic E-state index is -0.120. The van der Waals surface area contributed by atoms with Crippen molar-refractivity contribution < 1.29 is 5.11 Å². The molecule has 0 aliphatic heterocycles. The molecular formula is C2H2Cl2O. The summed E-state index contributed by atoms with van der Waals surface area (Å²) in [6, 6.07) is 0. The van der Waals surface area contributed by atoms with Gasteiger partial charge in [0.2, 0.25) is 0 Å². The maximum atomic E-state index is 7.72. The standard InChI is InChI=1S/C2H2Cl2O/c3-2(4)1-5/h1,5H. The van der Waals surface area contributed by atoms with E-state index in [9.17, 15) is 0 Å². The maximum absolute atomic E-state index is 7.72. The summed E-state index contributed by atoms with van der Waals surface area (Å²) >= 11 is 9.68. The van der Waals surface area contributed by atoms with Gasteiger partial charge in [-0.05, 0) is 0 Å². The minimum Gasteiger partial charge on any atom is -0.513 e. The molecule has 0 unspecified atom stereocenters. The highest BCUT2D eigenvalue weighted by Gasteiger charge is 1.71. The fourth-order valence-corrected chi connectivity index (χ4v) is 0. The van der Waals surface area contributed by atoms with Gasteiger partial charge in [-0.2, -0.15) is 0 Å². The number of aliphatic hydroxyl groups is 1. The monoisotopic (exact) mass is 112 g/mol. The lowest BCUT2D eigenvalue weighted by molar-refractivity contribution is 0.473. The summed E-state index contributed by atoms with van der Waals surface area (Å²) in [5.41, 5.74) is 0. The van der Waals surface area contributed by atoms with Gasteiger partial charge in [-0.3, -0.25) is 0 Å². The van der Waals surface area contributed by atoms with Crippen LogP contribution in [0.15, 0.2) is 10.8 Å². The summed E-state index contributed by atoms with van der Waals surface area (Å²) in [5, 5.41) is 7.72. The first kappa shape index (κ1) is 5.12. The van der Waals surface area contributed by atoms with Crippen LogP contribution in [0.5, 0.6) is 0 Å². The Hall–Kier alpha value is 0.120. The zero-order valence-electron chi connectivity index (χ0n) is 2.28. The van der Waals surface area contributed by atoms with Crippen LogP contribution in [0.4, 0.5) is 0 Å². The number of aliphatic hydroxyl groups excluding tert-OH is 1. The Morgan fingerprint density at radius 2 is 1.80 bits per heavy atom. The second kappa shape index (κ2) is 2.36. The first-order chi connectivity index (χ1) is 2.27. The Kier molecular flexibility index (Phi) is 2.42. The molecule has 1 N–H and O–H groups in total. The highest BCUT2D eigenvalue weighted by atomic mass is 35.5. The average Bonchev–Trinajstić information content (AvgIpc) is 1.38. The van der Waals surface area contributed by atoms with Gasteiger partial charge in [0.15, 0.2) is 0 Å². The van der Waals surface area contributed by atoms with E-state index in [1.807, 2.05) is 0 Å². The summed E-state index contributed by atoms with van der Waals surface area (Å²) in [6.07, 6.45) is 0.614. The van der Waals surface area contributed by atoms with Gasteiger partial charge in [-0.15, -0.1) is 0 Å². The quantitative estimate of drug-likeness (QED) is 0.475. The maximum Gasteiger partial charge on any atom is 0.140 e. The van der Waals surface area contributed by atoms with Gasteiger partial charge in [-0.1, -0.05) is 23.2 Å². The highest BCUT2D eigenvalue weighted by Crippen LogP contribution is 2.02. The Morgan fingerprint density at radius 1 is 1.60 bits per heavy atom. The lowest BCUT2D eigenvalue weighted by Crippen LogP contribution is -1.45. The largest absolute Gasteiger partial charge is 0.513 e. The van der Waals surface area contributed by atoms with Crippen LogP contribution in [-0.2, 0) is 0 Å². The first-order valence-corrected chi connectivity index (χ1v) is 1.68. The number of halogens is 2. The van der Waals surface area contributed by atoms with E-state index in [1.165, 1.54) is 0 Å². The summed E-state index contributed by atoms with van der Waals surface area (Å²) in [7, 11) is 0. The molecule has 0 aromatic heterocycles. The Labute approximate surface area is 39.8 Å². The topological polar surface area (TPSA) is 20.2 Å². The van der Waals surface area contributed by atoms with Crippen LogP contribution < -0.4 is 0 Å². The molecule has 1 nitrogen and oxygen atoms in total. The molecule has 0 aliphatic carbocycles. The van der Waals surface area contributed by atoms with Crippen molar-refractivity contribution in [1.29, 1.82) is 0 Å². The molecule has 0 amide bonds. The smallest absolute Gasteiger partial charge is 0.140 e. The summed E-state index contributed by atoms with van der Waals surface area (Å²) in [5.74, 6) is 0. The van der Waals surface area contributed by atoms with E-state index in [-0.39, 0.29) is 4.49 Å². The van der Waals surface area contributed by atoms with Gasteiger partial charge >= 0.3 is 0 Å². The number of hydrogen-bond donors (Lipinski definition) is 1.